The number of benzene rings is 2. The van der Waals surface area contributed by atoms with Gasteiger partial charge in [0.25, 0.3) is 0 Å². The van der Waals surface area contributed by atoms with Gasteiger partial charge in [0.2, 0.25) is 0 Å². The van der Waals surface area contributed by atoms with E-state index in [1.807, 2.05) is 6.07 Å². The van der Waals surface area contributed by atoms with Gasteiger partial charge in [0.15, 0.2) is 5.96 Å². The maximum atomic E-state index is 13.3. The molecular formula is C23H32FN5. The van der Waals surface area contributed by atoms with Crippen LogP contribution in [-0.4, -0.2) is 55.5 Å². The summed E-state index contributed by atoms with van der Waals surface area (Å²) in [6.07, 6.45) is 0. The van der Waals surface area contributed by atoms with Crippen LogP contribution in [0, 0.1) is 5.82 Å². The van der Waals surface area contributed by atoms with Crippen molar-refractivity contribution in [3.8, 4) is 0 Å². The first kappa shape index (κ1) is 21.3. The Bertz CT molecular complexity index is 799. The van der Waals surface area contributed by atoms with Crippen LogP contribution in [0.3, 0.4) is 0 Å². The molecule has 0 amide bonds. The standard InChI is InChI=1S/C23H32FN5/c1-3-28-11-13-29(14-12-28)18-21-9-5-4-8-20(21)17-27-23(25-2)26-16-19-7-6-10-22(24)15-19/h4-10,15H,3,11-14,16-18H2,1-2H3,(H2,25,26,27). The molecule has 6 heteroatoms. The molecule has 0 saturated carbocycles. The van der Waals surface area contributed by atoms with Crippen LogP contribution in [0.4, 0.5) is 4.39 Å². The third-order valence-corrected chi connectivity index (χ3v) is 5.44. The van der Waals surface area contributed by atoms with E-state index in [4.69, 9.17) is 0 Å². The zero-order valence-electron chi connectivity index (χ0n) is 17.5. The summed E-state index contributed by atoms with van der Waals surface area (Å²) in [5.74, 6) is 0.488. The van der Waals surface area contributed by atoms with Crippen LogP contribution in [0.25, 0.3) is 0 Å². The van der Waals surface area contributed by atoms with Gasteiger partial charge in [-0.3, -0.25) is 9.89 Å². The Hall–Kier alpha value is -2.44. The van der Waals surface area contributed by atoms with Gasteiger partial charge in [-0.15, -0.1) is 0 Å². The Morgan fingerprint density at radius 1 is 0.931 bits per heavy atom. The van der Waals surface area contributed by atoms with E-state index in [1.54, 1.807) is 13.1 Å². The van der Waals surface area contributed by atoms with Crippen LogP contribution in [0.5, 0.6) is 0 Å². The molecule has 0 bridgehead atoms. The zero-order chi connectivity index (χ0) is 20.5. The van der Waals surface area contributed by atoms with E-state index < -0.39 is 0 Å². The lowest BCUT2D eigenvalue weighted by Gasteiger charge is -2.34. The number of piperazine rings is 1. The van der Waals surface area contributed by atoms with E-state index >= 15 is 0 Å². The lowest BCUT2D eigenvalue weighted by Crippen LogP contribution is -2.45. The molecule has 0 radical (unpaired) electrons. The van der Waals surface area contributed by atoms with E-state index in [0.29, 0.717) is 19.0 Å². The normalized spacial score (nSPS) is 16.0. The minimum Gasteiger partial charge on any atom is -0.352 e. The van der Waals surface area contributed by atoms with Crippen LogP contribution in [0.2, 0.25) is 0 Å². The molecule has 0 aromatic heterocycles. The fraction of sp³-hybridized carbons (Fsp3) is 0.435. The first-order valence-electron chi connectivity index (χ1n) is 10.4. The second-order valence-electron chi connectivity index (χ2n) is 7.39. The summed E-state index contributed by atoms with van der Waals surface area (Å²) >= 11 is 0. The van der Waals surface area contributed by atoms with Gasteiger partial charge >= 0.3 is 0 Å². The molecule has 0 aliphatic carbocycles. The van der Waals surface area contributed by atoms with Gasteiger partial charge in [-0.1, -0.05) is 43.3 Å². The molecule has 156 valence electrons. The fourth-order valence-corrected chi connectivity index (χ4v) is 3.62. The van der Waals surface area contributed by atoms with Crippen molar-refractivity contribution in [2.75, 3.05) is 39.8 Å². The van der Waals surface area contributed by atoms with E-state index in [0.717, 1.165) is 44.8 Å². The highest BCUT2D eigenvalue weighted by molar-refractivity contribution is 5.79. The maximum absolute atomic E-state index is 13.3. The summed E-state index contributed by atoms with van der Waals surface area (Å²) in [4.78, 5) is 9.32. The molecule has 1 fully saturated rings. The van der Waals surface area contributed by atoms with Crippen molar-refractivity contribution in [3.63, 3.8) is 0 Å². The van der Waals surface area contributed by atoms with Crippen molar-refractivity contribution in [2.45, 2.75) is 26.6 Å². The number of guanidine groups is 1. The molecule has 1 aliphatic heterocycles. The molecule has 2 aromatic rings. The summed E-state index contributed by atoms with van der Waals surface area (Å²) in [7, 11) is 1.75. The Labute approximate surface area is 173 Å². The van der Waals surface area contributed by atoms with E-state index in [2.05, 4.69) is 56.6 Å². The molecular weight excluding hydrogens is 365 g/mol. The monoisotopic (exact) mass is 397 g/mol. The van der Waals surface area contributed by atoms with Gasteiger partial charge in [-0.25, -0.2) is 4.39 Å². The average Bonchev–Trinajstić information content (AvgIpc) is 2.75. The first-order chi connectivity index (χ1) is 14.2. The molecule has 0 unspecified atom stereocenters. The van der Waals surface area contributed by atoms with Gasteiger partial charge in [-0.05, 0) is 35.4 Å². The average molecular weight is 398 g/mol. The van der Waals surface area contributed by atoms with E-state index in [1.165, 1.54) is 23.3 Å². The molecule has 0 spiro atoms. The zero-order valence-corrected chi connectivity index (χ0v) is 17.5. The topological polar surface area (TPSA) is 42.9 Å². The van der Waals surface area contributed by atoms with Crippen molar-refractivity contribution in [3.05, 3.63) is 71.0 Å². The quantitative estimate of drug-likeness (QED) is 0.557. The number of rotatable bonds is 7. The summed E-state index contributed by atoms with van der Waals surface area (Å²) in [6, 6.07) is 15.2. The number of halogens is 1. The number of aliphatic imine (C=N–C) groups is 1. The second-order valence-corrected chi connectivity index (χ2v) is 7.39. The molecule has 0 atom stereocenters. The van der Waals surface area contributed by atoms with Gasteiger partial charge < -0.3 is 15.5 Å². The Morgan fingerprint density at radius 2 is 1.62 bits per heavy atom. The van der Waals surface area contributed by atoms with Crippen LogP contribution >= 0.6 is 0 Å². The second kappa shape index (κ2) is 10.9. The molecule has 2 N–H and O–H groups in total. The fourth-order valence-electron chi connectivity index (χ4n) is 3.62. The molecule has 1 heterocycles. The van der Waals surface area contributed by atoms with E-state index in [-0.39, 0.29) is 5.82 Å². The third-order valence-electron chi connectivity index (χ3n) is 5.44. The third kappa shape index (κ3) is 6.54. The summed E-state index contributed by atoms with van der Waals surface area (Å²) in [6.45, 7) is 10.1. The number of likely N-dealkylation sites (N-methyl/N-ethyl adjacent to an activating group) is 1. The van der Waals surface area contributed by atoms with Crippen molar-refractivity contribution in [2.24, 2.45) is 4.99 Å². The highest BCUT2D eigenvalue weighted by Gasteiger charge is 2.16. The predicted molar refractivity (Wildman–Crippen MR) is 117 cm³/mol. The number of hydrogen-bond acceptors (Lipinski definition) is 3. The molecule has 3 rings (SSSR count). The van der Waals surface area contributed by atoms with Crippen LogP contribution < -0.4 is 10.6 Å². The summed E-state index contributed by atoms with van der Waals surface area (Å²) in [5.41, 5.74) is 3.52. The van der Waals surface area contributed by atoms with Crippen molar-refractivity contribution in [1.82, 2.24) is 20.4 Å². The minimum absolute atomic E-state index is 0.221. The number of hydrogen-bond donors (Lipinski definition) is 2. The highest BCUT2D eigenvalue weighted by atomic mass is 19.1. The maximum Gasteiger partial charge on any atom is 0.191 e. The molecule has 2 aromatic carbocycles. The molecule has 1 aliphatic rings. The van der Waals surface area contributed by atoms with Crippen molar-refractivity contribution >= 4 is 5.96 Å². The van der Waals surface area contributed by atoms with Crippen LogP contribution in [0.15, 0.2) is 53.5 Å². The Morgan fingerprint density at radius 3 is 2.31 bits per heavy atom. The van der Waals surface area contributed by atoms with E-state index in [9.17, 15) is 4.39 Å². The predicted octanol–water partition coefficient (Wildman–Crippen LogP) is 2.83. The van der Waals surface area contributed by atoms with Crippen LogP contribution in [0.1, 0.15) is 23.6 Å². The largest absolute Gasteiger partial charge is 0.352 e. The summed E-state index contributed by atoms with van der Waals surface area (Å²) < 4.78 is 13.3. The van der Waals surface area contributed by atoms with Crippen LogP contribution in [-0.2, 0) is 19.6 Å². The Balaban J connectivity index is 1.53. The molecule has 1 saturated heterocycles. The Kier molecular flexibility index (Phi) is 8.02. The first-order valence-corrected chi connectivity index (χ1v) is 10.4. The SMILES string of the molecule is CCN1CCN(Cc2ccccc2CNC(=NC)NCc2cccc(F)c2)CC1. The lowest BCUT2D eigenvalue weighted by atomic mass is 10.1. The lowest BCUT2D eigenvalue weighted by molar-refractivity contribution is 0.131. The number of nitrogens with one attached hydrogen (secondary N) is 2. The minimum atomic E-state index is -0.221. The van der Waals surface area contributed by atoms with Gasteiger partial charge in [0.05, 0.1) is 0 Å². The smallest absolute Gasteiger partial charge is 0.191 e. The summed E-state index contributed by atoms with van der Waals surface area (Å²) in [5, 5.41) is 6.63. The molecule has 5 nitrogen and oxygen atoms in total. The highest BCUT2D eigenvalue weighted by Crippen LogP contribution is 2.13. The molecule has 29 heavy (non-hydrogen) atoms. The van der Waals surface area contributed by atoms with Gasteiger partial charge in [0, 0.05) is 52.9 Å². The van der Waals surface area contributed by atoms with Gasteiger partial charge in [-0.2, -0.15) is 0 Å². The van der Waals surface area contributed by atoms with Crippen molar-refractivity contribution in [1.29, 1.82) is 0 Å². The number of nitrogens with zero attached hydrogens (tertiary/aromatic N) is 3. The van der Waals surface area contributed by atoms with Gasteiger partial charge in [0.1, 0.15) is 5.82 Å². The van der Waals surface area contributed by atoms with Crippen molar-refractivity contribution < 1.29 is 4.39 Å².